The van der Waals surface area contributed by atoms with E-state index in [1.54, 1.807) is 12.1 Å². The highest BCUT2D eigenvalue weighted by Gasteiger charge is 2.26. The molecule has 1 atom stereocenters. The van der Waals surface area contributed by atoms with E-state index in [2.05, 4.69) is 34.0 Å². The Labute approximate surface area is 147 Å². The van der Waals surface area contributed by atoms with Crippen molar-refractivity contribution >= 4 is 17.6 Å². The van der Waals surface area contributed by atoms with Crippen molar-refractivity contribution in [1.29, 1.82) is 0 Å². The smallest absolute Gasteiger partial charge is 0.337 e. The van der Waals surface area contributed by atoms with E-state index in [-0.39, 0.29) is 11.9 Å². The average molecular weight is 338 g/mol. The second-order valence-electron chi connectivity index (χ2n) is 6.27. The second-order valence-corrected chi connectivity index (χ2v) is 6.27. The Morgan fingerprint density at radius 2 is 1.88 bits per heavy atom. The molecule has 25 heavy (non-hydrogen) atoms. The Hall–Kier alpha value is -2.82. The predicted octanol–water partition coefficient (Wildman–Crippen LogP) is 2.54. The van der Waals surface area contributed by atoms with Crippen molar-refractivity contribution < 1.29 is 14.3 Å². The van der Waals surface area contributed by atoms with Gasteiger partial charge in [0, 0.05) is 18.3 Å². The van der Waals surface area contributed by atoms with Crippen LogP contribution < -0.4 is 10.2 Å². The van der Waals surface area contributed by atoms with Gasteiger partial charge in [0.2, 0.25) is 5.91 Å². The maximum absolute atomic E-state index is 12.3. The van der Waals surface area contributed by atoms with Crippen molar-refractivity contribution in [1.82, 2.24) is 5.32 Å². The number of carbonyl (C=O) groups is 2. The Bertz CT molecular complexity index is 771. The normalized spacial score (nSPS) is 15.6. The number of amides is 1. The molecule has 5 heteroatoms. The summed E-state index contributed by atoms with van der Waals surface area (Å²) in [5.74, 6) is -0.377. The third kappa shape index (κ3) is 3.82. The van der Waals surface area contributed by atoms with Crippen LogP contribution in [-0.4, -0.2) is 31.6 Å². The first-order valence-electron chi connectivity index (χ1n) is 8.37. The second kappa shape index (κ2) is 7.38. The minimum absolute atomic E-state index is 0.0133. The molecule has 1 heterocycles. The number of ether oxygens (including phenoxy) is 1. The lowest BCUT2D eigenvalue weighted by Gasteiger charge is -2.24. The first-order valence-corrected chi connectivity index (χ1v) is 8.37. The number of anilines is 1. The topological polar surface area (TPSA) is 58.6 Å². The van der Waals surface area contributed by atoms with E-state index in [1.807, 2.05) is 24.3 Å². The maximum atomic E-state index is 12.3. The van der Waals surface area contributed by atoms with Crippen LogP contribution in [0.2, 0.25) is 0 Å². The van der Waals surface area contributed by atoms with E-state index in [4.69, 9.17) is 0 Å². The van der Waals surface area contributed by atoms with Crippen LogP contribution in [0.25, 0.3) is 0 Å². The number of hydrogen-bond acceptors (Lipinski definition) is 4. The number of hydrogen-bond donors (Lipinski definition) is 1. The van der Waals surface area contributed by atoms with Crippen molar-refractivity contribution in [2.24, 2.45) is 0 Å². The molecule has 130 valence electrons. The molecular weight excluding hydrogens is 316 g/mol. The van der Waals surface area contributed by atoms with E-state index in [0.717, 1.165) is 17.7 Å². The van der Waals surface area contributed by atoms with Crippen LogP contribution >= 0.6 is 0 Å². The summed E-state index contributed by atoms with van der Waals surface area (Å²) >= 11 is 0. The molecule has 0 saturated carbocycles. The number of esters is 1. The van der Waals surface area contributed by atoms with Crippen LogP contribution in [0.1, 0.15) is 28.4 Å². The summed E-state index contributed by atoms with van der Waals surface area (Å²) in [6, 6.07) is 15.6. The molecular formula is C20H22N2O3. The standard InChI is InChI=1S/C20H22N2O3/c1-14-11-17-5-3-4-6-18(17)22(14)13-19(23)21-12-15-7-9-16(10-8-15)20(24)25-2/h3-10,14H,11-13H2,1-2H3,(H,21,23)/t14-/m0/s1. The van der Waals surface area contributed by atoms with Crippen LogP contribution in [0.15, 0.2) is 48.5 Å². The monoisotopic (exact) mass is 338 g/mol. The molecule has 1 N–H and O–H groups in total. The summed E-state index contributed by atoms with van der Waals surface area (Å²) in [6.07, 6.45) is 0.971. The molecule has 0 radical (unpaired) electrons. The number of fused-ring (bicyclic) bond motifs is 1. The van der Waals surface area contributed by atoms with Gasteiger partial charge in [-0.15, -0.1) is 0 Å². The van der Waals surface area contributed by atoms with Gasteiger partial charge in [-0.1, -0.05) is 30.3 Å². The first kappa shape index (κ1) is 17.0. The number of para-hydroxylation sites is 1. The molecule has 0 aliphatic carbocycles. The van der Waals surface area contributed by atoms with E-state index in [9.17, 15) is 9.59 Å². The lowest BCUT2D eigenvalue weighted by Crippen LogP contribution is -2.39. The van der Waals surface area contributed by atoms with Crippen LogP contribution in [0.3, 0.4) is 0 Å². The molecule has 1 aliphatic heterocycles. The fraction of sp³-hybridized carbons (Fsp3) is 0.300. The van der Waals surface area contributed by atoms with Gasteiger partial charge in [0.05, 0.1) is 19.2 Å². The van der Waals surface area contributed by atoms with Gasteiger partial charge in [-0.3, -0.25) is 4.79 Å². The molecule has 0 unspecified atom stereocenters. The fourth-order valence-electron chi connectivity index (χ4n) is 3.16. The van der Waals surface area contributed by atoms with Gasteiger partial charge >= 0.3 is 5.97 Å². The molecule has 1 aliphatic rings. The summed E-state index contributed by atoms with van der Waals surface area (Å²) in [6.45, 7) is 2.92. The summed E-state index contributed by atoms with van der Waals surface area (Å²) in [7, 11) is 1.36. The van der Waals surface area contributed by atoms with Gasteiger partial charge in [0.25, 0.3) is 0 Å². The number of rotatable bonds is 5. The van der Waals surface area contributed by atoms with Crippen molar-refractivity contribution in [2.45, 2.75) is 25.9 Å². The Morgan fingerprint density at radius 1 is 1.16 bits per heavy atom. The minimum atomic E-state index is -0.364. The zero-order chi connectivity index (χ0) is 17.8. The van der Waals surface area contributed by atoms with Gasteiger partial charge < -0.3 is 15.0 Å². The summed E-state index contributed by atoms with van der Waals surface area (Å²) in [5, 5.41) is 2.94. The van der Waals surface area contributed by atoms with Crippen LogP contribution in [0.4, 0.5) is 5.69 Å². The van der Waals surface area contributed by atoms with Gasteiger partial charge in [-0.2, -0.15) is 0 Å². The molecule has 3 rings (SSSR count). The van der Waals surface area contributed by atoms with Gasteiger partial charge in [-0.25, -0.2) is 4.79 Å². The maximum Gasteiger partial charge on any atom is 0.337 e. The van der Waals surface area contributed by atoms with Gasteiger partial charge in [0.1, 0.15) is 0 Å². The minimum Gasteiger partial charge on any atom is -0.465 e. The molecule has 0 saturated heterocycles. The van der Waals surface area contributed by atoms with Gasteiger partial charge in [-0.05, 0) is 42.7 Å². The van der Waals surface area contributed by atoms with Crippen molar-refractivity contribution in [3.8, 4) is 0 Å². The highest BCUT2D eigenvalue weighted by molar-refractivity contribution is 5.89. The third-order valence-corrected chi connectivity index (χ3v) is 4.53. The van der Waals surface area contributed by atoms with Crippen molar-refractivity contribution in [3.05, 3.63) is 65.2 Å². The molecule has 2 aromatic rings. The van der Waals surface area contributed by atoms with Crippen LogP contribution in [0, 0.1) is 0 Å². The van der Waals surface area contributed by atoms with Crippen molar-refractivity contribution in [2.75, 3.05) is 18.6 Å². The lowest BCUT2D eigenvalue weighted by molar-refractivity contribution is -0.120. The summed E-state index contributed by atoms with van der Waals surface area (Å²) in [4.78, 5) is 25.9. The number of methoxy groups -OCH3 is 1. The molecule has 0 aromatic heterocycles. The largest absolute Gasteiger partial charge is 0.465 e. The van der Waals surface area contributed by atoms with E-state index in [0.29, 0.717) is 24.7 Å². The SMILES string of the molecule is COC(=O)c1ccc(CNC(=O)CN2c3ccccc3C[C@@H]2C)cc1. The third-order valence-electron chi connectivity index (χ3n) is 4.53. The number of carbonyl (C=O) groups excluding carboxylic acids is 2. The summed E-state index contributed by atoms with van der Waals surface area (Å²) in [5.41, 5.74) is 3.88. The van der Waals surface area contributed by atoms with Gasteiger partial charge in [0.15, 0.2) is 0 Å². The van der Waals surface area contributed by atoms with Crippen molar-refractivity contribution in [3.63, 3.8) is 0 Å². The lowest BCUT2D eigenvalue weighted by atomic mass is 10.1. The van der Waals surface area contributed by atoms with E-state index >= 15 is 0 Å². The molecule has 1 amide bonds. The molecule has 2 aromatic carbocycles. The Kier molecular flexibility index (Phi) is 5.03. The zero-order valence-electron chi connectivity index (χ0n) is 14.5. The molecule has 0 spiro atoms. The molecule has 0 bridgehead atoms. The first-order chi connectivity index (χ1) is 12.1. The predicted molar refractivity (Wildman–Crippen MR) is 96.6 cm³/mol. The molecule has 5 nitrogen and oxygen atoms in total. The van der Waals surface area contributed by atoms with Crippen LogP contribution in [-0.2, 0) is 22.5 Å². The number of benzene rings is 2. The van der Waals surface area contributed by atoms with E-state index in [1.165, 1.54) is 12.7 Å². The number of nitrogens with zero attached hydrogens (tertiary/aromatic N) is 1. The fourth-order valence-corrected chi connectivity index (χ4v) is 3.16. The van der Waals surface area contributed by atoms with Crippen LogP contribution in [0.5, 0.6) is 0 Å². The zero-order valence-corrected chi connectivity index (χ0v) is 14.5. The number of nitrogens with one attached hydrogen (secondary N) is 1. The Balaban J connectivity index is 1.56. The molecule has 0 fully saturated rings. The summed E-state index contributed by atoms with van der Waals surface area (Å²) < 4.78 is 4.67. The van der Waals surface area contributed by atoms with E-state index < -0.39 is 0 Å². The highest BCUT2D eigenvalue weighted by atomic mass is 16.5. The highest BCUT2D eigenvalue weighted by Crippen LogP contribution is 2.31. The average Bonchev–Trinajstić information content (AvgIpc) is 2.95. The Morgan fingerprint density at radius 3 is 2.60 bits per heavy atom. The quantitative estimate of drug-likeness (QED) is 0.851.